The maximum Gasteiger partial charge on any atom is 0.330 e. The monoisotopic (exact) mass is 318 g/mol. The molecule has 1 heterocycles. The Morgan fingerprint density at radius 1 is 1.29 bits per heavy atom. The van der Waals surface area contributed by atoms with E-state index in [0.29, 0.717) is 13.2 Å². The number of H-pyrrole nitrogens is 1. The van der Waals surface area contributed by atoms with Crippen molar-refractivity contribution in [2.45, 2.75) is 45.6 Å². The highest BCUT2D eigenvalue weighted by Crippen LogP contribution is 2.36. The number of hydrogen-bond donors (Lipinski definition) is 1. The van der Waals surface area contributed by atoms with Crippen molar-refractivity contribution < 1.29 is 13.6 Å². The van der Waals surface area contributed by atoms with Gasteiger partial charge in [-0.2, -0.15) is 4.39 Å². The van der Waals surface area contributed by atoms with E-state index in [0.717, 1.165) is 10.8 Å². The van der Waals surface area contributed by atoms with Crippen LogP contribution < -0.4 is 11.2 Å². The van der Waals surface area contributed by atoms with Gasteiger partial charge in [-0.05, 0) is 18.1 Å². The quantitative estimate of drug-likeness (QED) is 0.639. The summed E-state index contributed by atoms with van der Waals surface area (Å²) in [7, 11) is -1.82. The maximum absolute atomic E-state index is 13.0. The lowest BCUT2D eigenvalue weighted by atomic mass is 10.2. The third-order valence-corrected chi connectivity index (χ3v) is 8.23. The molecule has 0 aliphatic rings. The van der Waals surface area contributed by atoms with Gasteiger partial charge in [0.15, 0.2) is 8.32 Å². The Balaban J connectivity index is 2.44. The van der Waals surface area contributed by atoms with Crippen LogP contribution in [0.15, 0.2) is 15.8 Å². The number of nitrogens with one attached hydrogen (secondary N) is 1. The van der Waals surface area contributed by atoms with Crippen LogP contribution in [0.25, 0.3) is 0 Å². The number of aromatic nitrogens is 2. The molecule has 1 N–H and O–H groups in total. The van der Waals surface area contributed by atoms with E-state index in [9.17, 15) is 14.0 Å². The van der Waals surface area contributed by atoms with Crippen LogP contribution in [0.5, 0.6) is 0 Å². The van der Waals surface area contributed by atoms with Gasteiger partial charge in [-0.15, -0.1) is 0 Å². The van der Waals surface area contributed by atoms with Crippen molar-refractivity contribution in [2.24, 2.45) is 0 Å². The molecule has 120 valence electrons. The fourth-order valence-electron chi connectivity index (χ4n) is 1.31. The zero-order valence-electron chi connectivity index (χ0n) is 13.2. The van der Waals surface area contributed by atoms with Crippen molar-refractivity contribution in [1.29, 1.82) is 0 Å². The summed E-state index contributed by atoms with van der Waals surface area (Å²) in [6.07, 6.45) is 0.829. The summed E-state index contributed by atoms with van der Waals surface area (Å²) in [5, 5.41) is 0.117. The number of nitrogens with zero attached hydrogens (tertiary/aromatic N) is 1. The largest absolute Gasteiger partial charge is 0.414 e. The van der Waals surface area contributed by atoms with Crippen LogP contribution in [0, 0.1) is 5.82 Å². The molecule has 0 saturated carbocycles. The Morgan fingerprint density at radius 3 is 2.48 bits per heavy atom. The molecule has 0 radical (unpaired) electrons. The van der Waals surface area contributed by atoms with Gasteiger partial charge in [0.2, 0.25) is 5.82 Å². The molecular formula is C13H23FN2O4Si. The number of rotatable bonds is 6. The highest BCUT2D eigenvalue weighted by atomic mass is 28.4. The predicted octanol–water partition coefficient (Wildman–Crippen LogP) is 1.67. The Kier molecular flexibility index (Phi) is 5.65. The molecule has 1 aromatic rings. The van der Waals surface area contributed by atoms with Gasteiger partial charge in [0.25, 0.3) is 5.56 Å². The lowest BCUT2D eigenvalue weighted by molar-refractivity contribution is 0.0476. The number of ether oxygens (including phenoxy) is 1. The zero-order valence-corrected chi connectivity index (χ0v) is 14.2. The molecule has 0 saturated heterocycles. The van der Waals surface area contributed by atoms with Gasteiger partial charge in [0.1, 0.15) is 6.73 Å². The highest BCUT2D eigenvalue weighted by Gasteiger charge is 2.36. The van der Waals surface area contributed by atoms with E-state index in [1.807, 2.05) is 4.98 Å². The van der Waals surface area contributed by atoms with E-state index in [1.54, 1.807) is 0 Å². The van der Waals surface area contributed by atoms with Crippen LogP contribution in [-0.2, 0) is 15.9 Å². The first-order valence-electron chi connectivity index (χ1n) is 6.75. The minimum Gasteiger partial charge on any atom is -0.414 e. The molecule has 0 aliphatic carbocycles. The molecule has 6 nitrogen and oxygen atoms in total. The lowest BCUT2D eigenvalue weighted by Gasteiger charge is -2.36. The first kappa shape index (κ1) is 17.8. The van der Waals surface area contributed by atoms with E-state index in [2.05, 4.69) is 33.9 Å². The average Bonchev–Trinajstić information content (AvgIpc) is 2.33. The second kappa shape index (κ2) is 6.67. The maximum atomic E-state index is 13.0. The topological polar surface area (TPSA) is 73.3 Å². The molecule has 0 atom stereocenters. The molecule has 1 aromatic heterocycles. The summed E-state index contributed by atoms with van der Waals surface area (Å²) in [6, 6.07) is 0. The first-order valence-corrected chi connectivity index (χ1v) is 9.66. The Bertz CT molecular complexity index is 589. The van der Waals surface area contributed by atoms with Crippen molar-refractivity contribution in [3.05, 3.63) is 32.9 Å². The van der Waals surface area contributed by atoms with Crippen molar-refractivity contribution in [1.82, 2.24) is 9.55 Å². The minimum atomic E-state index is -1.82. The van der Waals surface area contributed by atoms with Crippen molar-refractivity contribution in [3.8, 4) is 0 Å². The molecule has 8 heteroatoms. The summed E-state index contributed by atoms with van der Waals surface area (Å²) in [5.74, 6) is -1.02. The zero-order chi connectivity index (χ0) is 16.3. The molecule has 0 aliphatic heterocycles. The second-order valence-electron chi connectivity index (χ2n) is 6.35. The molecule has 1 rings (SSSR count). The molecule has 21 heavy (non-hydrogen) atoms. The van der Waals surface area contributed by atoms with Gasteiger partial charge >= 0.3 is 5.69 Å². The van der Waals surface area contributed by atoms with Gasteiger partial charge in [-0.1, -0.05) is 20.8 Å². The average molecular weight is 318 g/mol. The number of aromatic amines is 1. The fourth-order valence-corrected chi connectivity index (χ4v) is 2.34. The standard InChI is InChI=1S/C13H23FN2O4Si/c1-13(2,3)21(4,5)20-7-6-19-9-16-8-10(14)11(17)15-12(16)18/h8H,6-7,9H2,1-5H3,(H,15,17,18). The van der Waals surface area contributed by atoms with Crippen LogP contribution in [0.3, 0.4) is 0 Å². The van der Waals surface area contributed by atoms with Crippen LogP contribution in [0.2, 0.25) is 18.1 Å². The predicted molar refractivity (Wildman–Crippen MR) is 80.4 cm³/mol. The third-order valence-electron chi connectivity index (χ3n) is 3.69. The SMILES string of the molecule is CC(C)(C)[Si](C)(C)OCCOCn1cc(F)c(=O)[nH]c1=O. The summed E-state index contributed by atoms with van der Waals surface area (Å²) in [5.41, 5.74) is -1.73. The van der Waals surface area contributed by atoms with Gasteiger partial charge < -0.3 is 9.16 Å². The molecule has 0 amide bonds. The molecule has 0 bridgehead atoms. The first-order chi connectivity index (χ1) is 9.54. The number of halogens is 1. The van der Waals surface area contributed by atoms with Crippen LogP contribution in [0.1, 0.15) is 20.8 Å². The highest BCUT2D eigenvalue weighted by molar-refractivity contribution is 6.74. The molecule has 0 spiro atoms. The van der Waals surface area contributed by atoms with Gasteiger partial charge in [0, 0.05) is 0 Å². The normalized spacial score (nSPS) is 12.7. The van der Waals surface area contributed by atoms with E-state index in [1.165, 1.54) is 0 Å². The Morgan fingerprint density at radius 2 is 1.90 bits per heavy atom. The molecule has 0 aromatic carbocycles. The molecular weight excluding hydrogens is 295 g/mol. The third kappa shape index (κ3) is 4.90. The molecule has 0 fully saturated rings. The van der Waals surface area contributed by atoms with Gasteiger partial charge in [-0.25, -0.2) is 4.79 Å². The van der Waals surface area contributed by atoms with E-state index in [-0.39, 0.29) is 11.8 Å². The van der Waals surface area contributed by atoms with Crippen molar-refractivity contribution in [3.63, 3.8) is 0 Å². The Labute approximate surface area is 124 Å². The van der Waals surface area contributed by atoms with E-state index >= 15 is 0 Å². The van der Waals surface area contributed by atoms with Crippen molar-refractivity contribution >= 4 is 8.32 Å². The van der Waals surface area contributed by atoms with Crippen LogP contribution >= 0.6 is 0 Å². The smallest absolute Gasteiger partial charge is 0.330 e. The lowest BCUT2D eigenvalue weighted by Crippen LogP contribution is -2.41. The van der Waals surface area contributed by atoms with Crippen LogP contribution in [0.4, 0.5) is 4.39 Å². The fraction of sp³-hybridized carbons (Fsp3) is 0.692. The Hall–Kier alpha value is -1.25. The van der Waals surface area contributed by atoms with Crippen molar-refractivity contribution in [2.75, 3.05) is 13.2 Å². The van der Waals surface area contributed by atoms with E-state index < -0.39 is 25.4 Å². The minimum absolute atomic E-state index is 0.117. The molecule has 0 unspecified atom stereocenters. The summed E-state index contributed by atoms with van der Waals surface area (Å²) < 4.78 is 25.2. The number of hydrogen-bond acceptors (Lipinski definition) is 4. The summed E-state index contributed by atoms with van der Waals surface area (Å²) in [4.78, 5) is 24.1. The van der Waals surface area contributed by atoms with E-state index in [4.69, 9.17) is 9.16 Å². The van der Waals surface area contributed by atoms with Crippen LogP contribution in [-0.4, -0.2) is 31.1 Å². The van der Waals surface area contributed by atoms with Gasteiger partial charge in [0.05, 0.1) is 19.4 Å². The second-order valence-corrected chi connectivity index (χ2v) is 11.2. The van der Waals surface area contributed by atoms with Gasteiger partial charge in [-0.3, -0.25) is 14.3 Å². The summed E-state index contributed by atoms with van der Waals surface area (Å²) in [6.45, 7) is 11.3. The summed E-state index contributed by atoms with van der Waals surface area (Å²) >= 11 is 0.